The van der Waals surface area contributed by atoms with Crippen molar-refractivity contribution in [3.8, 4) is 11.8 Å². The minimum Gasteiger partial charge on any atom is -0.477 e. The number of carboxylic acid groups (broad SMARTS) is 1. The molecule has 2 aromatic rings. The van der Waals surface area contributed by atoms with E-state index in [1.54, 1.807) is 0 Å². The maximum Gasteiger partial charge on any atom is 0.354 e. The molecule has 0 aliphatic carbocycles. The Morgan fingerprint density at radius 3 is 2.80 bits per heavy atom. The first kappa shape index (κ1) is 13.9. The SMILES string of the molecule is O=C(O)c1ccnc(Oc2cc(Br)cc([N+](=O)[O-])c2)n1. The summed E-state index contributed by atoms with van der Waals surface area (Å²) in [5.41, 5.74) is -0.414. The second-order valence-electron chi connectivity index (χ2n) is 3.53. The van der Waals surface area contributed by atoms with Crippen LogP contribution in [0.4, 0.5) is 5.69 Å². The van der Waals surface area contributed by atoms with Gasteiger partial charge in [0, 0.05) is 16.7 Å². The van der Waals surface area contributed by atoms with Crippen LogP contribution in [0.25, 0.3) is 0 Å². The molecule has 0 amide bonds. The Kier molecular flexibility index (Phi) is 3.89. The lowest BCUT2D eigenvalue weighted by atomic mass is 10.3. The smallest absolute Gasteiger partial charge is 0.354 e. The second-order valence-corrected chi connectivity index (χ2v) is 4.45. The van der Waals surface area contributed by atoms with Crippen molar-refractivity contribution < 1.29 is 19.6 Å². The standard InChI is InChI=1S/C11H6BrN3O5/c12-6-3-7(15(18)19)5-8(4-6)20-11-13-2-1-9(14-11)10(16)17/h1-5H,(H,16,17). The Balaban J connectivity index is 2.32. The summed E-state index contributed by atoms with van der Waals surface area (Å²) >= 11 is 3.11. The van der Waals surface area contributed by atoms with Crippen molar-refractivity contribution in [3.05, 3.63) is 50.7 Å². The molecule has 0 fully saturated rings. The van der Waals surface area contributed by atoms with Gasteiger partial charge in [0.15, 0.2) is 5.69 Å². The molecule has 0 aliphatic rings. The van der Waals surface area contributed by atoms with Gasteiger partial charge in [-0.15, -0.1) is 0 Å². The highest BCUT2D eigenvalue weighted by Crippen LogP contribution is 2.28. The lowest BCUT2D eigenvalue weighted by Crippen LogP contribution is -2.02. The van der Waals surface area contributed by atoms with Crippen LogP contribution in [0, 0.1) is 10.1 Å². The molecule has 1 aromatic heterocycles. The molecule has 0 saturated carbocycles. The van der Waals surface area contributed by atoms with Crippen LogP contribution in [0.15, 0.2) is 34.9 Å². The number of rotatable bonds is 4. The Bertz CT molecular complexity index is 692. The monoisotopic (exact) mass is 339 g/mol. The van der Waals surface area contributed by atoms with Gasteiger partial charge in [0.1, 0.15) is 5.75 Å². The van der Waals surface area contributed by atoms with E-state index in [4.69, 9.17) is 9.84 Å². The van der Waals surface area contributed by atoms with Gasteiger partial charge in [0.25, 0.3) is 5.69 Å². The zero-order chi connectivity index (χ0) is 14.7. The zero-order valence-corrected chi connectivity index (χ0v) is 11.3. The van der Waals surface area contributed by atoms with E-state index in [9.17, 15) is 14.9 Å². The second kappa shape index (κ2) is 5.61. The number of ether oxygens (including phenoxy) is 1. The number of halogens is 1. The summed E-state index contributed by atoms with van der Waals surface area (Å²) in [4.78, 5) is 28.3. The average molecular weight is 340 g/mol. The van der Waals surface area contributed by atoms with E-state index in [1.165, 1.54) is 30.5 Å². The summed E-state index contributed by atoms with van der Waals surface area (Å²) in [6.45, 7) is 0. The Hall–Kier alpha value is -2.55. The summed E-state index contributed by atoms with van der Waals surface area (Å²) in [7, 11) is 0. The molecule has 2 rings (SSSR count). The lowest BCUT2D eigenvalue weighted by molar-refractivity contribution is -0.385. The van der Waals surface area contributed by atoms with Crippen LogP contribution in [0.5, 0.6) is 11.8 Å². The topological polar surface area (TPSA) is 115 Å². The van der Waals surface area contributed by atoms with Crippen molar-refractivity contribution in [3.63, 3.8) is 0 Å². The molecule has 1 aromatic carbocycles. The van der Waals surface area contributed by atoms with Crippen LogP contribution < -0.4 is 4.74 Å². The van der Waals surface area contributed by atoms with Gasteiger partial charge in [0.05, 0.1) is 11.0 Å². The van der Waals surface area contributed by atoms with Crippen molar-refractivity contribution in [2.24, 2.45) is 0 Å². The number of nitro groups is 1. The molecule has 1 heterocycles. The van der Waals surface area contributed by atoms with E-state index in [1.807, 2.05) is 0 Å². The van der Waals surface area contributed by atoms with E-state index >= 15 is 0 Å². The number of carbonyl (C=O) groups is 1. The highest BCUT2D eigenvalue weighted by Gasteiger charge is 2.12. The first-order valence-electron chi connectivity index (χ1n) is 5.15. The van der Waals surface area contributed by atoms with Crippen LogP contribution in [0.2, 0.25) is 0 Å². The number of hydrogen-bond acceptors (Lipinski definition) is 6. The molecule has 0 unspecified atom stereocenters. The number of nitrogens with zero attached hydrogens (tertiary/aromatic N) is 3. The molecule has 8 nitrogen and oxygen atoms in total. The number of nitro benzene ring substituents is 1. The highest BCUT2D eigenvalue weighted by molar-refractivity contribution is 9.10. The Labute approximate surface area is 120 Å². The van der Waals surface area contributed by atoms with Gasteiger partial charge in [-0.3, -0.25) is 10.1 Å². The number of benzene rings is 1. The van der Waals surface area contributed by atoms with Crippen molar-refractivity contribution in [2.45, 2.75) is 0 Å². The molecule has 0 atom stereocenters. The van der Waals surface area contributed by atoms with Crippen LogP contribution in [-0.4, -0.2) is 26.0 Å². The molecular formula is C11H6BrN3O5. The first-order chi connectivity index (χ1) is 9.45. The number of hydrogen-bond donors (Lipinski definition) is 1. The summed E-state index contributed by atoms with van der Waals surface area (Å²) in [5.74, 6) is -1.11. The van der Waals surface area contributed by atoms with Gasteiger partial charge in [-0.2, -0.15) is 4.98 Å². The van der Waals surface area contributed by atoms with Gasteiger partial charge >= 0.3 is 12.0 Å². The fourth-order valence-corrected chi connectivity index (χ4v) is 1.79. The molecule has 0 spiro atoms. The van der Waals surface area contributed by atoms with Gasteiger partial charge < -0.3 is 9.84 Å². The molecule has 0 saturated heterocycles. The minimum atomic E-state index is -1.22. The summed E-state index contributed by atoms with van der Waals surface area (Å²) in [5, 5.41) is 19.5. The van der Waals surface area contributed by atoms with Crippen LogP contribution >= 0.6 is 15.9 Å². The van der Waals surface area contributed by atoms with Crippen molar-refractivity contribution >= 4 is 27.6 Å². The molecular weight excluding hydrogens is 334 g/mol. The van der Waals surface area contributed by atoms with Gasteiger partial charge in [-0.1, -0.05) is 15.9 Å². The molecule has 102 valence electrons. The maximum absolute atomic E-state index is 10.8. The van der Waals surface area contributed by atoms with Gasteiger partial charge in [-0.25, -0.2) is 9.78 Å². The highest BCUT2D eigenvalue weighted by atomic mass is 79.9. The van der Waals surface area contributed by atoms with Gasteiger partial charge in [-0.05, 0) is 12.1 Å². The molecule has 0 aliphatic heterocycles. The molecule has 1 N–H and O–H groups in total. The molecule has 0 radical (unpaired) electrons. The quantitative estimate of drug-likeness (QED) is 0.672. The number of aromatic carboxylic acids is 1. The van der Waals surface area contributed by atoms with E-state index in [0.29, 0.717) is 4.47 Å². The fraction of sp³-hybridized carbons (Fsp3) is 0. The summed E-state index contributed by atoms with van der Waals surface area (Å²) < 4.78 is 5.66. The maximum atomic E-state index is 10.8. The van der Waals surface area contributed by atoms with Crippen LogP contribution in [0.1, 0.15) is 10.5 Å². The number of aromatic nitrogens is 2. The third-order valence-corrected chi connectivity index (χ3v) is 2.59. The molecule has 0 bridgehead atoms. The van der Waals surface area contributed by atoms with E-state index in [0.717, 1.165) is 0 Å². The lowest BCUT2D eigenvalue weighted by Gasteiger charge is -2.04. The van der Waals surface area contributed by atoms with Crippen LogP contribution in [0.3, 0.4) is 0 Å². The third kappa shape index (κ3) is 3.26. The van der Waals surface area contributed by atoms with Crippen molar-refractivity contribution in [1.82, 2.24) is 9.97 Å². The fourth-order valence-electron chi connectivity index (χ4n) is 1.33. The molecule has 9 heteroatoms. The average Bonchev–Trinajstić information content (AvgIpc) is 2.38. The number of carboxylic acids is 1. The van der Waals surface area contributed by atoms with Crippen molar-refractivity contribution in [2.75, 3.05) is 0 Å². The predicted molar refractivity (Wildman–Crippen MR) is 69.9 cm³/mol. The predicted octanol–water partition coefficient (Wildman–Crippen LogP) is 2.64. The van der Waals surface area contributed by atoms with Gasteiger partial charge in [0.2, 0.25) is 0 Å². The van der Waals surface area contributed by atoms with E-state index < -0.39 is 10.9 Å². The first-order valence-corrected chi connectivity index (χ1v) is 5.94. The van der Waals surface area contributed by atoms with Crippen molar-refractivity contribution in [1.29, 1.82) is 0 Å². The molecule has 20 heavy (non-hydrogen) atoms. The Morgan fingerprint density at radius 2 is 2.15 bits per heavy atom. The number of non-ortho nitro benzene ring substituents is 1. The van der Waals surface area contributed by atoms with E-state index in [2.05, 4.69) is 25.9 Å². The summed E-state index contributed by atoms with van der Waals surface area (Å²) in [6, 6.07) is 4.96. The minimum absolute atomic E-state index is 0.119. The normalized spacial score (nSPS) is 10.1. The third-order valence-electron chi connectivity index (χ3n) is 2.13. The van der Waals surface area contributed by atoms with Crippen LogP contribution in [-0.2, 0) is 0 Å². The zero-order valence-electron chi connectivity index (χ0n) is 9.69. The Morgan fingerprint density at radius 1 is 1.40 bits per heavy atom. The van der Waals surface area contributed by atoms with E-state index in [-0.39, 0.29) is 23.1 Å². The largest absolute Gasteiger partial charge is 0.477 e. The summed E-state index contributed by atoms with van der Waals surface area (Å²) in [6.07, 6.45) is 1.22.